The Balaban J connectivity index is 2.02. The number of piperidine rings is 1. The number of carbonyl (C=O) groups excluding carboxylic acids is 1. The van der Waals surface area contributed by atoms with Gasteiger partial charge in [0.2, 0.25) is 5.91 Å². The van der Waals surface area contributed by atoms with Crippen LogP contribution in [0.4, 0.5) is 5.69 Å². The van der Waals surface area contributed by atoms with E-state index in [0.29, 0.717) is 11.1 Å². The van der Waals surface area contributed by atoms with Crippen LogP contribution in [0.5, 0.6) is 0 Å². The van der Waals surface area contributed by atoms with Crippen molar-refractivity contribution in [1.29, 1.82) is 0 Å². The first-order valence-corrected chi connectivity index (χ1v) is 6.61. The number of aromatic nitrogens is 1. The largest absolute Gasteiger partial charge is 0.323 e. The van der Waals surface area contributed by atoms with Crippen molar-refractivity contribution in [3.8, 4) is 0 Å². The van der Waals surface area contributed by atoms with E-state index in [9.17, 15) is 4.79 Å². The Morgan fingerprint density at radius 2 is 2.33 bits per heavy atom. The molecular weight excluding hydrogens is 250 g/mol. The highest BCUT2D eigenvalue weighted by molar-refractivity contribution is 6.29. The van der Waals surface area contributed by atoms with Crippen molar-refractivity contribution in [2.24, 2.45) is 5.92 Å². The molecule has 0 aliphatic carbocycles. The topological polar surface area (TPSA) is 54.0 Å². The Morgan fingerprint density at radius 1 is 1.56 bits per heavy atom. The van der Waals surface area contributed by atoms with Gasteiger partial charge < -0.3 is 10.6 Å². The zero-order valence-electron chi connectivity index (χ0n) is 10.7. The third kappa shape index (κ3) is 3.21. The zero-order chi connectivity index (χ0) is 13.1. The van der Waals surface area contributed by atoms with Crippen LogP contribution >= 0.6 is 11.6 Å². The second-order valence-corrected chi connectivity index (χ2v) is 5.28. The lowest BCUT2D eigenvalue weighted by atomic mass is 9.94. The maximum Gasteiger partial charge on any atom is 0.241 e. The Hall–Kier alpha value is -1.13. The highest BCUT2D eigenvalue weighted by atomic mass is 35.5. The summed E-state index contributed by atoms with van der Waals surface area (Å²) >= 11 is 5.79. The van der Waals surface area contributed by atoms with Crippen molar-refractivity contribution in [3.63, 3.8) is 0 Å². The molecule has 2 unspecified atom stereocenters. The van der Waals surface area contributed by atoms with Gasteiger partial charge in [0.25, 0.3) is 0 Å². The van der Waals surface area contributed by atoms with Crippen LogP contribution in [0.3, 0.4) is 0 Å². The minimum atomic E-state index is -0.108. The Morgan fingerprint density at radius 3 is 3.00 bits per heavy atom. The molecule has 4 nitrogen and oxygen atoms in total. The Kier molecular flexibility index (Phi) is 4.19. The number of nitrogens with one attached hydrogen (secondary N) is 2. The number of carbonyl (C=O) groups is 1. The number of hydrogen-bond donors (Lipinski definition) is 2. The molecule has 1 saturated heterocycles. The van der Waals surface area contributed by atoms with E-state index in [4.69, 9.17) is 11.6 Å². The van der Waals surface area contributed by atoms with E-state index in [-0.39, 0.29) is 11.9 Å². The van der Waals surface area contributed by atoms with Gasteiger partial charge in [0.05, 0.1) is 17.4 Å². The fourth-order valence-electron chi connectivity index (χ4n) is 2.19. The van der Waals surface area contributed by atoms with Gasteiger partial charge in [-0.3, -0.25) is 4.79 Å². The smallest absolute Gasteiger partial charge is 0.241 e. The van der Waals surface area contributed by atoms with Crippen LogP contribution in [-0.2, 0) is 4.79 Å². The van der Waals surface area contributed by atoms with Gasteiger partial charge >= 0.3 is 0 Å². The Labute approximate surface area is 112 Å². The number of pyridine rings is 1. The van der Waals surface area contributed by atoms with Crippen LogP contribution in [0.25, 0.3) is 0 Å². The maximum absolute atomic E-state index is 12.1. The van der Waals surface area contributed by atoms with Gasteiger partial charge in [-0.1, -0.05) is 18.5 Å². The molecule has 18 heavy (non-hydrogen) atoms. The molecule has 1 aliphatic heterocycles. The fraction of sp³-hybridized carbons (Fsp3) is 0.538. The van der Waals surface area contributed by atoms with Crippen molar-refractivity contribution in [2.45, 2.75) is 32.7 Å². The van der Waals surface area contributed by atoms with E-state index in [1.54, 1.807) is 12.1 Å². The summed E-state index contributed by atoms with van der Waals surface area (Å²) in [6.45, 7) is 4.91. The van der Waals surface area contributed by atoms with E-state index in [0.717, 1.165) is 30.8 Å². The molecule has 1 aromatic heterocycles. The quantitative estimate of drug-likeness (QED) is 0.809. The first-order valence-electron chi connectivity index (χ1n) is 6.23. The van der Waals surface area contributed by atoms with E-state index in [1.165, 1.54) is 0 Å². The first kappa shape index (κ1) is 13.3. The predicted octanol–water partition coefficient (Wildman–Crippen LogP) is 2.37. The summed E-state index contributed by atoms with van der Waals surface area (Å²) in [5.74, 6) is 0.597. The van der Waals surface area contributed by atoms with E-state index >= 15 is 0 Å². The zero-order valence-corrected chi connectivity index (χ0v) is 11.4. The number of amides is 1. The first-order chi connectivity index (χ1) is 8.56. The van der Waals surface area contributed by atoms with Crippen LogP contribution in [0.2, 0.25) is 5.15 Å². The van der Waals surface area contributed by atoms with Crippen molar-refractivity contribution < 1.29 is 4.79 Å². The highest BCUT2D eigenvalue weighted by Crippen LogP contribution is 2.19. The number of rotatable bonds is 2. The van der Waals surface area contributed by atoms with E-state index < -0.39 is 0 Å². The number of nitrogens with zero attached hydrogens (tertiary/aromatic N) is 1. The third-order valence-electron chi connectivity index (χ3n) is 3.29. The van der Waals surface area contributed by atoms with Crippen LogP contribution < -0.4 is 10.6 Å². The van der Waals surface area contributed by atoms with Gasteiger partial charge in [-0.15, -0.1) is 0 Å². The molecule has 1 aromatic rings. The summed E-state index contributed by atoms with van der Waals surface area (Å²) in [6.07, 6.45) is 2.01. The predicted molar refractivity (Wildman–Crippen MR) is 72.8 cm³/mol. The molecule has 0 radical (unpaired) electrons. The summed E-state index contributed by atoms with van der Waals surface area (Å²) in [4.78, 5) is 16.2. The summed E-state index contributed by atoms with van der Waals surface area (Å²) in [5.41, 5.74) is 1.46. The fourth-order valence-corrected chi connectivity index (χ4v) is 2.38. The molecule has 0 saturated carbocycles. The van der Waals surface area contributed by atoms with Gasteiger partial charge in [0, 0.05) is 0 Å². The average Bonchev–Trinajstić information content (AvgIpc) is 2.32. The molecule has 1 amide bonds. The lowest BCUT2D eigenvalue weighted by Gasteiger charge is -2.27. The number of anilines is 1. The molecule has 0 aromatic carbocycles. The molecule has 0 spiro atoms. The minimum absolute atomic E-state index is 0.00812. The molecule has 0 bridgehead atoms. The van der Waals surface area contributed by atoms with E-state index in [1.807, 2.05) is 6.92 Å². The third-order valence-corrected chi connectivity index (χ3v) is 3.50. The monoisotopic (exact) mass is 267 g/mol. The Bertz CT molecular complexity index is 450. The molecule has 1 fully saturated rings. The molecule has 1 aliphatic rings. The minimum Gasteiger partial charge on any atom is -0.323 e. The van der Waals surface area contributed by atoms with Gasteiger partial charge in [-0.25, -0.2) is 4.98 Å². The summed E-state index contributed by atoms with van der Waals surface area (Å²) in [7, 11) is 0. The van der Waals surface area contributed by atoms with Crippen LogP contribution in [-0.4, -0.2) is 23.5 Å². The van der Waals surface area contributed by atoms with Crippen LogP contribution in [0.1, 0.15) is 25.5 Å². The molecule has 5 heteroatoms. The number of halogens is 1. The molecule has 2 atom stereocenters. The lowest BCUT2D eigenvalue weighted by Crippen LogP contribution is -2.45. The maximum atomic E-state index is 12.1. The van der Waals surface area contributed by atoms with Crippen molar-refractivity contribution >= 4 is 23.2 Å². The van der Waals surface area contributed by atoms with Crippen LogP contribution in [0, 0.1) is 12.8 Å². The molecule has 2 N–H and O–H groups in total. The SMILES string of the molecule is Cc1nc(Cl)ccc1NC(=O)C1CC(C)CCN1. The second kappa shape index (κ2) is 5.67. The lowest BCUT2D eigenvalue weighted by molar-refractivity contribution is -0.119. The van der Waals surface area contributed by atoms with Crippen LogP contribution in [0.15, 0.2) is 12.1 Å². The normalized spacial score (nSPS) is 23.7. The average molecular weight is 268 g/mol. The molecule has 2 heterocycles. The second-order valence-electron chi connectivity index (χ2n) is 4.89. The van der Waals surface area contributed by atoms with Crippen molar-refractivity contribution in [2.75, 3.05) is 11.9 Å². The summed E-state index contributed by atoms with van der Waals surface area (Å²) < 4.78 is 0. The van der Waals surface area contributed by atoms with Gasteiger partial charge in [-0.2, -0.15) is 0 Å². The summed E-state index contributed by atoms with van der Waals surface area (Å²) in [5, 5.41) is 6.59. The van der Waals surface area contributed by atoms with Crippen molar-refractivity contribution in [3.05, 3.63) is 23.0 Å². The van der Waals surface area contributed by atoms with Gasteiger partial charge in [0.1, 0.15) is 5.15 Å². The molecule has 98 valence electrons. The van der Waals surface area contributed by atoms with Gasteiger partial charge in [-0.05, 0) is 44.4 Å². The van der Waals surface area contributed by atoms with Gasteiger partial charge in [0.15, 0.2) is 0 Å². The van der Waals surface area contributed by atoms with Crippen molar-refractivity contribution in [1.82, 2.24) is 10.3 Å². The summed E-state index contributed by atoms with van der Waals surface area (Å²) in [6, 6.07) is 3.36. The highest BCUT2D eigenvalue weighted by Gasteiger charge is 2.24. The molecule has 2 rings (SSSR count). The van der Waals surface area contributed by atoms with E-state index in [2.05, 4.69) is 22.5 Å². The number of hydrogen-bond acceptors (Lipinski definition) is 3. The standard InChI is InChI=1S/C13H18ClN3O/c1-8-5-6-15-11(7-8)13(18)17-10-3-4-12(14)16-9(10)2/h3-4,8,11,15H,5-7H2,1-2H3,(H,17,18). The molecular formula is C13H18ClN3O. The number of aryl methyl sites for hydroxylation is 1.